The normalized spacial score (nSPS) is 10.6. The number of carbonyl (C=O) groups is 1. The summed E-state index contributed by atoms with van der Waals surface area (Å²) in [6.07, 6.45) is 0.898. The summed E-state index contributed by atoms with van der Waals surface area (Å²) < 4.78 is 5.11. The molecule has 0 aliphatic heterocycles. The third-order valence-corrected chi connectivity index (χ3v) is 2.92. The summed E-state index contributed by atoms with van der Waals surface area (Å²) in [5.74, 6) is 0.906. The Balaban J connectivity index is 2.10. The third kappa shape index (κ3) is 7.11. The standard InChI is InChI=1S/C15H25N3O2/c1-18(2)11-10-17-15(19)12-16-9-8-13-4-6-14(20-3)7-5-13/h4-7,16H,8-12H2,1-3H3,(H,17,19). The van der Waals surface area contributed by atoms with Crippen molar-refractivity contribution >= 4 is 5.91 Å². The highest BCUT2D eigenvalue weighted by atomic mass is 16.5. The number of carbonyl (C=O) groups excluding carboxylic acids is 1. The molecule has 0 saturated heterocycles. The molecule has 0 aromatic heterocycles. The lowest BCUT2D eigenvalue weighted by atomic mass is 10.1. The fourth-order valence-corrected chi connectivity index (χ4v) is 1.71. The molecule has 0 spiro atoms. The van der Waals surface area contributed by atoms with Gasteiger partial charge in [-0.3, -0.25) is 4.79 Å². The number of methoxy groups -OCH3 is 1. The Morgan fingerprint density at radius 1 is 1.20 bits per heavy atom. The second-order valence-corrected chi connectivity index (χ2v) is 4.93. The molecule has 0 bridgehead atoms. The Morgan fingerprint density at radius 2 is 1.90 bits per heavy atom. The van der Waals surface area contributed by atoms with Crippen LogP contribution in [0.3, 0.4) is 0 Å². The Kier molecular flexibility index (Phi) is 7.69. The highest BCUT2D eigenvalue weighted by molar-refractivity contribution is 5.77. The van der Waals surface area contributed by atoms with Crippen LogP contribution in [0, 0.1) is 0 Å². The number of ether oxygens (including phenoxy) is 1. The minimum absolute atomic E-state index is 0.0431. The molecule has 20 heavy (non-hydrogen) atoms. The van der Waals surface area contributed by atoms with Crippen LogP contribution in [0.1, 0.15) is 5.56 Å². The van der Waals surface area contributed by atoms with E-state index in [2.05, 4.69) is 10.6 Å². The van der Waals surface area contributed by atoms with Crippen molar-refractivity contribution in [2.24, 2.45) is 0 Å². The van der Waals surface area contributed by atoms with Crippen LogP contribution in [0.15, 0.2) is 24.3 Å². The van der Waals surface area contributed by atoms with Gasteiger partial charge in [-0.05, 0) is 44.8 Å². The molecule has 1 rings (SSSR count). The summed E-state index contributed by atoms with van der Waals surface area (Å²) in [7, 11) is 5.63. The fraction of sp³-hybridized carbons (Fsp3) is 0.533. The largest absolute Gasteiger partial charge is 0.497 e. The van der Waals surface area contributed by atoms with Crippen molar-refractivity contribution in [3.8, 4) is 5.75 Å². The maximum absolute atomic E-state index is 11.5. The monoisotopic (exact) mass is 279 g/mol. The molecule has 1 amide bonds. The first-order valence-electron chi connectivity index (χ1n) is 6.87. The zero-order valence-electron chi connectivity index (χ0n) is 12.6. The maximum atomic E-state index is 11.5. The van der Waals surface area contributed by atoms with E-state index >= 15 is 0 Å². The van der Waals surface area contributed by atoms with E-state index in [0.717, 1.165) is 25.3 Å². The topological polar surface area (TPSA) is 53.6 Å². The minimum Gasteiger partial charge on any atom is -0.497 e. The summed E-state index contributed by atoms with van der Waals surface area (Å²) in [6.45, 7) is 2.70. The highest BCUT2D eigenvalue weighted by Crippen LogP contribution is 2.11. The predicted molar refractivity (Wildman–Crippen MR) is 81.1 cm³/mol. The van der Waals surface area contributed by atoms with Crippen LogP contribution in [0.2, 0.25) is 0 Å². The van der Waals surface area contributed by atoms with Gasteiger partial charge in [-0.1, -0.05) is 12.1 Å². The first-order valence-corrected chi connectivity index (χ1v) is 6.87. The number of nitrogens with one attached hydrogen (secondary N) is 2. The third-order valence-electron chi connectivity index (χ3n) is 2.92. The minimum atomic E-state index is 0.0431. The smallest absolute Gasteiger partial charge is 0.234 e. The molecule has 0 saturated carbocycles. The lowest BCUT2D eigenvalue weighted by molar-refractivity contribution is -0.120. The molecule has 1 aromatic carbocycles. The molecular formula is C15H25N3O2. The van der Waals surface area contributed by atoms with Gasteiger partial charge in [-0.2, -0.15) is 0 Å². The number of hydrogen-bond acceptors (Lipinski definition) is 4. The average molecular weight is 279 g/mol. The summed E-state index contributed by atoms with van der Waals surface area (Å²) in [5.41, 5.74) is 1.23. The Morgan fingerprint density at radius 3 is 2.50 bits per heavy atom. The molecule has 0 aliphatic rings. The van der Waals surface area contributed by atoms with Gasteiger partial charge in [0.2, 0.25) is 5.91 Å². The van der Waals surface area contributed by atoms with E-state index in [1.54, 1.807) is 7.11 Å². The fourth-order valence-electron chi connectivity index (χ4n) is 1.71. The molecular weight excluding hydrogens is 254 g/mol. The van der Waals surface area contributed by atoms with Gasteiger partial charge in [0.1, 0.15) is 5.75 Å². The molecule has 0 atom stereocenters. The SMILES string of the molecule is COc1ccc(CCNCC(=O)NCCN(C)C)cc1. The van der Waals surface area contributed by atoms with Crippen LogP contribution >= 0.6 is 0 Å². The van der Waals surface area contributed by atoms with E-state index in [0.29, 0.717) is 13.1 Å². The van der Waals surface area contributed by atoms with Gasteiger partial charge in [-0.15, -0.1) is 0 Å². The van der Waals surface area contributed by atoms with E-state index in [1.807, 2.05) is 43.3 Å². The molecule has 5 heteroatoms. The van der Waals surface area contributed by atoms with Gasteiger partial charge in [0.05, 0.1) is 13.7 Å². The first kappa shape index (κ1) is 16.5. The molecule has 2 N–H and O–H groups in total. The van der Waals surface area contributed by atoms with E-state index in [1.165, 1.54) is 5.56 Å². The zero-order valence-corrected chi connectivity index (χ0v) is 12.6. The summed E-state index contributed by atoms with van der Waals surface area (Å²) >= 11 is 0. The number of rotatable bonds is 9. The van der Waals surface area contributed by atoms with Crippen LogP contribution < -0.4 is 15.4 Å². The van der Waals surface area contributed by atoms with Crippen molar-refractivity contribution in [3.05, 3.63) is 29.8 Å². The van der Waals surface area contributed by atoms with Crippen LogP contribution in [0.25, 0.3) is 0 Å². The first-order chi connectivity index (χ1) is 9.61. The van der Waals surface area contributed by atoms with Gasteiger partial charge in [0.25, 0.3) is 0 Å². The van der Waals surface area contributed by atoms with Crippen LogP contribution in [0.4, 0.5) is 0 Å². The van der Waals surface area contributed by atoms with E-state index in [9.17, 15) is 4.79 Å². The Labute approximate surface area is 121 Å². The summed E-state index contributed by atoms with van der Waals surface area (Å²) in [5, 5.41) is 6.01. The van der Waals surface area contributed by atoms with Crippen molar-refractivity contribution < 1.29 is 9.53 Å². The van der Waals surface area contributed by atoms with Crippen molar-refractivity contribution in [1.29, 1.82) is 0 Å². The van der Waals surface area contributed by atoms with Crippen LogP contribution in [-0.4, -0.2) is 58.2 Å². The van der Waals surface area contributed by atoms with Crippen molar-refractivity contribution in [3.63, 3.8) is 0 Å². The molecule has 0 aliphatic carbocycles. The lowest BCUT2D eigenvalue weighted by Crippen LogP contribution is -2.37. The molecule has 0 fully saturated rings. The second-order valence-electron chi connectivity index (χ2n) is 4.93. The summed E-state index contributed by atoms with van der Waals surface area (Å²) in [4.78, 5) is 13.5. The number of amides is 1. The lowest BCUT2D eigenvalue weighted by Gasteiger charge is -2.10. The van der Waals surface area contributed by atoms with E-state index < -0.39 is 0 Å². The molecule has 0 unspecified atom stereocenters. The molecule has 1 aromatic rings. The molecule has 0 radical (unpaired) electrons. The molecule has 112 valence electrons. The number of benzene rings is 1. The second kappa shape index (κ2) is 9.34. The van der Waals surface area contributed by atoms with Gasteiger partial charge in [-0.25, -0.2) is 0 Å². The van der Waals surface area contributed by atoms with Crippen molar-refractivity contribution in [2.75, 3.05) is 47.4 Å². The van der Waals surface area contributed by atoms with Gasteiger partial charge in [0, 0.05) is 13.1 Å². The maximum Gasteiger partial charge on any atom is 0.234 e. The highest BCUT2D eigenvalue weighted by Gasteiger charge is 2.00. The van der Waals surface area contributed by atoms with Gasteiger partial charge < -0.3 is 20.3 Å². The van der Waals surface area contributed by atoms with Crippen molar-refractivity contribution in [2.45, 2.75) is 6.42 Å². The van der Waals surface area contributed by atoms with Crippen LogP contribution in [-0.2, 0) is 11.2 Å². The van der Waals surface area contributed by atoms with Crippen molar-refractivity contribution in [1.82, 2.24) is 15.5 Å². The predicted octanol–water partition coefficient (Wildman–Crippen LogP) is 0.505. The molecule has 0 heterocycles. The molecule has 5 nitrogen and oxygen atoms in total. The number of hydrogen-bond donors (Lipinski definition) is 2. The number of nitrogens with zero attached hydrogens (tertiary/aromatic N) is 1. The van der Waals surface area contributed by atoms with Gasteiger partial charge in [0.15, 0.2) is 0 Å². The van der Waals surface area contributed by atoms with Gasteiger partial charge >= 0.3 is 0 Å². The number of likely N-dealkylation sites (N-methyl/N-ethyl adjacent to an activating group) is 1. The zero-order chi connectivity index (χ0) is 14.8. The van der Waals surface area contributed by atoms with E-state index in [4.69, 9.17) is 4.74 Å². The quantitative estimate of drug-likeness (QED) is 0.647. The summed E-state index contributed by atoms with van der Waals surface area (Å²) in [6, 6.07) is 7.97. The Bertz CT molecular complexity index is 391. The average Bonchev–Trinajstić information content (AvgIpc) is 2.44. The van der Waals surface area contributed by atoms with Crippen LogP contribution in [0.5, 0.6) is 5.75 Å². The van der Waals surface area contributed by atoms with E-state index in [-0.39, 0.29) is 5.91 Å². The Hall–Kier alpha value is -1.59.